The Morgan fingerprint density at radius 2 is 1.62 bits per heavy atom. The van der Waals surface area contributed by atoms with E-state index >= 15 is 0 Å². The molecule has 2 amide bonds. The molecule has 0 aliphatic carbocycles. The van der Waals surface area contributed by atoms with Gasteiger partial charge in [0.1, 0.15) is 0 Å². The van der Waals surface area contributed by atoms with Crippen LogP contribution in [0.5, 0.6) is 0 Å². The second-order valence-corrected chi connectivity index (χ2v) is 7.14. The molecule has 2 aliphatic heterocycles. The Bertz CT molecular complexity index is 667. The van der Waals surface area contributed by atoms with E-state index in [1.807, 2.05) is 4.90 Å². The number of carbonyl (C=O) groups excluding carboxylic acids is 2. The first-order chi connectivity index (χ1) is 12.5. The van der Waals surface area contributed by atoms with Gasteiger partial charge in [-0.3, -0.25) is 18.9 Å². The van der Waals surface area contributed by atoms with Crippen LogP contribution in [-0.4, -0.2) is 69.8 Å². The quantitative estimate of drug-likeness (QED) is 0.757. The Hall–Kier alpha value is -1.97. The van der Waals surface area contributed by atoms with E-state index < -0.39 is 11.3 Å². The molecule has 2 fully saturated rings. The average Bonchev–Trinajstić information content (AvgIpc) is 2.68. The fourth-order valence-corrected chi connectivity index (χ4v) is 3.63. The molecule has 0 saturated carbocycles. The topological polar surface area (TPSA) is 99.2 Å². The SMILES string of the molecule is O=C(c1ccc(NS(=O)O)cc1)N1CCN(C(=O)C2CCOCC2)CC1. The van der Waals surface area contributed by atoms with E-state index in [4.69, 9.17) is 9.29 Å². The van der Waals surface area contributed by atoms with Crippen LogP contribution in [0.4, 0.5) is 5.69 Å². The van der Waals surface area contributed by atoms with Crippen LogP contribution in [0.25, 0.3) is 0 Å². The lowest BCUT2D eigenvalue weighted by Crippen LogP contribution is -2.52. The number of hydrogen-bond donors (Lipinski definition) is 2. The number of amides is 2. The van der Waals surface area contributed by atoms with Gasteiger partial charge in [0, 0.05) is 56.6 Å². The number of benzene rings is 1. The number of rotatable bonds is 4. The molecule has 0 aromatic heterocycles. The molecule has 1 aromatic carbocycles. The lowest BCUT2D eigenvalue weighted by molar-refractivity contribution is -0.140. The van der Waals surface area contributed by atoms with Gasteiger partial charge in [0.05, 0.1) is 0 Å². The minimum Gasteiger partial charge on any atom is -0.381 e. The van der Waals surface area contributed by atoms with Gasteiger partial charge in [0.25, 0.3) is 17.2 Å². The molecular formula is C17H23N3O5S. The zero-order chi connectivity index (χ0) is 18.5. The standard InChI is InChI=1S/C17H23N3O5S/c21-16(13-1-3-15(4-2-13)18-26(23)24)19-7-9-20(10-8-19)17(22)14-5-11-25-12-6-14/h1-4,14,18H,5-12H2,(H,23,24). The second-order valence-electron chi connectivity index (χ2n) is 6.43. The highest BCUT2D eigenvalue weighted by Gasteiger charge is 2.30. The smallest absolute Gasteiger partial charge is 0.259 e. The van der Waals surface area contributed by atoms with Crippen molar-refractivity contribution in [2.45, 2.75) is 12.8 Å². The first-order valence-electron chi connectivity index (χ1n) is 8.68. The fourth-order valence-electron chi connectivity index (χ4n) is 3.30. The Morgan fingerprint density at radius 3 is 2.19 bits per heavy atom. The van der Waals surface area contributed by atoms with Gasteiger partial charge in [-0.25, -0.2) is 4.21 Å². The van der Waals surface area contributed by atoms with Crippen molar-refractivity contribution in [1.82, 2.24) is 9.80 Å². The van der Waals surface area contributed by atoms with E-state index in [1.165, 1.54) is 0 Å². The monoisotopic (exact) mass is 381 g/mol. The largest absolute Gasteiger partial charge is 0.381 e. The van der Waals surface area contributed by atoms with Crippen LogP contribution in [0.1, 0.15) is 23.2 Å². The van der Waals surface area contributed by atoms with Crippen molar-refractivity contribution in [3.63, 3.8) is 0 Å². The molecule has 26 heavy (non-hydrogen) atoms. The summed E-state index contributed by atoms with van der Waals surface area (Å²) < 4.78 is 27.2. The summed E-state index contributed by atoms with van der Waals surface area (Å²) >= 11 is -2.14. The van der Waals surface area contributed by atoms with Gasteiger partial charge in [-0.15, -0.1) is 0 Å². The minimum absolute atomic E-state index is 0.0446. The Kier molecular flexibility index (Phi) is 6.23. The van der Waals surface area contributed by atoms with Crippen LogP contribution in [0.3, 0.4) is 0 Å². The van der Waals surface area contributed by atoms with Gasteiger partial charge >= 0.3 is 0 Å². The number of nitrogens with one attached hydrogen (secondary N) is 1. The summed E-state index contributed by atoms with van der Waals surface area (Å²) in [5.41, 5.74) is 0.984. The van der Waals surface area contributed by atoms with E-state index in [1.54, 1.807) is 29.2 Å². The maximum Gasteiger partial charge on any atom is 0.259 e. The molecule has 2 heterocycles. The predicted octanol–water partition coefficient (Wildman–Crippen LogP) is 0.946. The normalized spacial score (nSPS) is 19.9. The zero-order valence-electron chi connectivity index (χ0n) is 14.4. The van der Waals surface area contributed by atoms with Gasteiger partial charge in [0.15, 0.2) is 0 Å². The van der Waals surface area contributed by atoms with Crippen molar-refractivity contribution in [1.29, 1.82) is 0 Å². The number of piperazine rings is 1. The third kappa shape index (κ3) is 4.60. The number of nitrogens with zero attached hydrogens (tertiary/aromatic N) is 2. The van der Waals surface area contributed by atoms with Gasteiger partial charge < -0.3 is 14.5 Å². The summed E-state index contributed by atoms with van der Waals surface area (Å²) in [5.74, 6) is 0.121. The summed E-state index contributed by atoms with van der Waals surface area (Å²) in [6.45, 7) is 3.40. The highest BCUT2D eigenvalue weighted by Crippen LogP contribution is 2.19. The predicted molar refractivity (Wildman–Crippen MR) is 96.9 cm³/mol. The van der Waals surface area contributed by atoms with Gasteiger partial charge in [-0.05, 0) is 37.1 Å². The number of ether oxygens (including phenoxy) is 1. The van der Waals surface area contributed by atoms with E-state index in [0.29, 0.717) is 50.6 Å². The molecule has 2 aliphatic rings. The lowest BCUT2D eigenvalue weighted by Gasteiger charge is -2.37. The molecule has 142 valence electrons. The van der Waals surface area contributed by atoms with Crippen molar-refractivity contribution >= 4 is 28.8 Å². The van der Waals surface area contributed by atoms with Crippen LogP contribution >= 0.6 is 0 Å². The average molecular weight is 381 g/mol. The Balaban J connectivity index is 1.53. The first kappa shape index (κ1) is 18.8. The van der Waals surface area contributed by atoms with Crippen molar-refractivity contribution in [2.24, 2.45) is 5.92 Å². The zero-order valence-corrected chi connectivity index (χ0v) is 15.2. The lowest BCUT2D eigenvalue weighted by atomic mass is 9.98. The second kappa shape index (κ2) is 8.61. The van der Waals surface area contributed by atoms with Crippen molar-refractivity contribution in [2.75, 3.05) is 44.1 Å². The number of hydrogen-bond acceptors (Lipinski definition) is 4. The summed E-state index contributed by atoms with van der Waals surface area (Å²) in [5, 5.41) is 0. The molecule has 8 nitrogen and oxygen atoms in total. The Morgan fingerprint density at radius 1 is 1.04 bits per heavy atom. The molecule has 9 heteroatoms. The van der Waals surface area contributed by atoms with Crippen LogP contribution in [0.2, 0.25) is 0 Å². The first-order valence-corrected chi connectivity index (χ1v) is 9.78. The van der Waals surface area contributed by atoms with Gasteiger partial charge in [-0.1, -0.05) is 0 Å². The molecule has 0 radical (unpaired) electrons. The maximum absolute atomic E-state index is 12.6. The molecule has 3 rings (SSSR count). The fraction of sp³-hybridized carbons (Fsp3) is 0.529. The van der Waals surface area contributed by atoms with E-state index in [-0.39, 0.29) is 17.7 Å². The van der Waals surface area contributed by atoms with E-state index in [9.17, 15) is 13.8 Å². The molecule has 2 N–H and O–H groups in total. The molecule has 0 bridgehead atoms. The number of anilines is 1. The molecule has 1 aromatic rings. The van der Waals surface area contributed by atoms with Crippen molar-refractivity contribution in [3.8, 4) is 0 Å². The van der Waals surface area contributed by atoms with E-state index in [0.717, 1.165) is 12.8 Å². The third-order valence-corrected chi connectivity index (χ3v) is 5.20. The van der Waals surface area contributed by atoms with Crippen LogP contribution in [0, 0.1) is 5.92 Å². The third-order valence-electron chi connectivity index (χ3n) is 4.79. The molecule has 1 atom stereocenters. The maximum atomic E-state index is 12.6. The summed E-state index contributed by atoms with van der Waals surface area (Å²) in [6, 6.07) is 6.42. The van der Waals surface area contributed by atoms with Crippen LogP contribution in [-0.2, 0) is 20.8 Å². The molecule has 2 saturated heterocycles. The minimum atomic E-state index is -2.14. The highest BCUT2D eigenvalue weighted by molar-refractivity contribution is 7.80. The van der Waals surface area contributed by atoms with Crippen molar-refractivity contribution in [3.05, 3.63) is 29.8 Å². The number of carbonyl (C=O) groups is 2. The van der Waals surface area contributed by atoms with E-state index in [2.05, 4.69) is 4.72 Å². The summed E-state index contributed by atoms with van der Waals surface area (Å²) in [4.78, 5) is 28.7. The molecule has 0 spiro atoms. The Labute approximate surface area is 154 Å². The van der Waals surface area contributed by atoms with Gasteiger partial charge in [0.2, 0.25) is 5.91 Å². The van der Waals surface area contributed by atoms with Gasteiger partial charge in [-0.2, -0.15) is 0 Å². The van der Waals surface area contributed by atoms with Crippen LogP contribution in [0.15, 0.2) is 24.3 Å². The van der Waals surface area contributed by atoms with Crippen molar-refractivity contribution < 1.29 is 23.1 Å². The summed E-state index contributed by atoms with van der Waals surface area (Å²) in [6.07, 6.45) is 1.55. The molecule has 1 unspecified atom stereocenters. The summed E-state index contributed by atoms with van der Waals surface area (Å²) in [7, 11) is 0. The highest BCUT2D eigenvalue weighted by atomic mass is 32.2. The van der Waals surface area contributed by atoms with Crippen LogP contribution < -0.4 is 4.72 Å². The molecular weight excluding hydrogens is 358 g/mol.